The van der Waals surface area contributed by atoms with Crippen LogP contribution >= 0.6 is 0 Å². The number of nitrogens with zero attached hydrogens (tertiary/aromatic N) is 2. The molecule has 1 aromatic carbocycles. The molecule has 0 spiro atoms. The smallest absolute Gasteiger partial charge is 0.269 e. The van der Waals surface area contributed by atoms with E-state index in [0.29, 0.717) is 18.0 Å². The highest BCUT2D eigenvalue weighted by atomic mass is 16.6. The Morgan fingerprint density at radius 2 is 2.00 bits per heavy atom. The lowest BCUT2D eigenvalue weighted by molar-refractivity contribution is -0.384. The second kappa shape index (κ2) is 5.78. The van der Waals surface area contributed by atoms with E-state index in [0.717, 1.165) is 19.3 Å². The number of nitro groups is 1. The maximum Gasteiger partial charge on any atom is 0.269 e. The summed E-state index contributed by atoms with van der Waals surface area (Å²) in [5.41, 5.74) is 0.558. The van der Waals surface area contributed by atoms with Crippen molar-refractivity contribution in [3.63, 3.8) is 0 Å². The Morgan fingerprint density at radius 1 is 1.32 bits per heavy atom. The van der Waals surface area contributed by atoms with Gasteiger partial charge in [0.1, 0.15) is 5.78 Å². The minimum absolute atomic E-state index is 0.0132. The lowest BCUT2D eigenvalue weighted by atomic mass is 9.73. The van der Waals surface area contributed by atoms with Crippen LogP contribution in [0.15, 0.2) is 24.3 Å². The SMILES string of the molecule is CN1[C@@H]2CCC[C@H]1[C@H]([C@H](O)c1ccc([N+](=O)[O-])cc1)C(=O)C2. The van der Waals surface area contributed by atoms with Gasteiger partial charge in [-0.3, -0.25) is 19.8 Å². The molecule has 22 heavy (non-hydrogen) atoms. The van der Waals surface area contributed by atoms with Gasteiger partial charge in [-0.05, 0) is 37.6 Å². The summed E-state index contributed by atoms with van der Waals surface area (Å²) in [6.45, 7) is 0. The number of rotatable bonds is 3. The van der Waals surface area contributed by atoms with Gasteiger partial charge in [0.15, 0.2) is 0 Å². The molecule has 1 aromatic rings. The molecule has 1 N–H and O–H groups in total. The van der Waals surface area contributed by atoms with Crippen LogP contribution in [0.5, 0.6) is 0 Å². The Kier molecular flexibility index (Phi) is 3.97. The van der Waals surface area contributed by atoms with E-state index < -0.39 is 16.9 Å². The first-order valence-corrected chi connectivity index (χ1v) is 7.66. The summed E-state index contributed by atoms with van der Waals surface area (Å²) in [4.78, 5) is 24.9. The summed E-state index contributed by atoms with van der Waals surface area (Å²) in [7, 11) is 2.02. The summed E-state index contributed by atoms with van der Waals surface area (Å²) >= 11 is 0. The van der Waals surface area contributed by atoms with Crippen molar-refractivity contribution < 1.29 is 14.8 Å². The van der Waals surface area contributed by atoms with Gasteiger partial charge >= 0.3 is 0 Å². The Bertz CT molecular complexity index is 586. The second-order valence-corrected chi connectivity index (χ2v) is 6.31. The van der Waals surface area contributed by atoms with Gasteiger partial charge in [0.2, 0.25) is 0 Å². The summed E-state index contributed by atoms with van der Waals surface area (Å²) in [5.74, 6) is -0.332. The highest BCUT2D eigenvalue weighted by Gasteiger charge is 2.45. The van der Waals surface area contributed by atoms with Gasteiger partial charge in [-0.2, -0.15) is 0 Å². The highest BCUT2D eigenvalue weighted by Crippen LogP contribution is 2.40. The van der Waals surface area contributed by atoms with Crippen molar-refractivity contribution in [2.24, 2.45) is 5.92 Å². The number of piperidine rings is 2. The number of carbonyl (C=O) groups is 1. The standard InChI is InChI=1S/C16H20N2O4/c1-17-12-3-2-4-13(17)15(14(19)9-12)16(20)10-5-7-11(8-6-10)18(21)22/h5-8,12-13,15-16,20H,2-4,9H2,1H3/t12-,13+,15+,16-/m1/s1. The average Bonchev–Trinajstić information content (AvgIpc) is 2.49. The maximum atomic E-state index is 12.4. The average molecular weight is 304 g/mol. The predicted molar refractivity (Wildman–Crippen MR) is 80.4 cm³/mol. The van der Waals surface area contributed by atoms with Crippen LogP contribution in [0.2, 0.25) is 0 Å². The number of ketones is 1. The lowest BCUT2D eigenvalue weighted by Gasteiger charge is -2.48. The molecule has 3 rings (SSSR count). The van der Waals surface area contributed by atoms with Crippen molar-refractivity contribution >= 4 is 11.5 Å². The van der Waals surface area contributed by atoms with Crippen LogP contribution in [-0.4, -0.2) is 39.8 Å². The number of carbonyl (C=O) groups excluding carboxylic acids is 1. The van der Waals surface area contributed by atoms with Crippen LogP contribution in [0.3, 0.4) is 0 Å². The van der Waals surface area contributed by atoms with Gasteiger partial charge in [0, 0.05) is 30.6 Å². The minimum atomic E-state index is -0.903. The summed E-state index contributed by atoms with van der Waals surface area (Å²) in [6.07, 6.45) is 2.62. The van der Waals surface area contributed by atoms with E-state index in [4.69, 9.17) is 0 Å². The quantitative estimate of drug-likeness (QED) is 0.682. The predicted octanol–water partition coefficient (Wildman–Crippen LogP) is 2.07. The number of non-ortho nitro benzene ring substituents is 1. The zero-order valence-corrected chi connectivity index (χ0v) is 12.5. The monoisotopic (exact) mass is 304 g/mol. The van der Waals surface area contributed by atoms with Crippen molar-refractivity contribution in [1.29, 1.82) is 0 Å². The third kappa shape index (κ3) is 2.53. The van der Waals surface area contributed by atoms with Gasteiger partial charge in [-0.1, -0.05) is 6.42 Å². The summed E-state index contributed by atoms with van der Waals surface area (Å²) in [5, 5.41) is 21.4. The normalized spacial score (nSPS) is 30.1. The number of benzene rings is 1. The molecule has 118 valence electrons. The number of hydrogen-bond donors (Lipinski definition) is 1. The number of aliphatic hydroxyl groups excluding tert-OH is 1. The fourth-order valence-electron chi connectivity index (χ4n) is 3.89. The van der Waals surface area contributed by atoms with Gasteiger partial charge < -0.3 is 5.11 Å². The zero-order chi connectivity index (χ0) is 15.9. The Balaban J connectivity index is 1.85. The van der Waals surface area contributed by atoms with Gasteiger partial charge in [0.25, 0.3) is 5.69 Å². The Hall–Kier alpha value is -1.79. The molecule has 0 unspecified atom stereocenters. The molecule has 0 radical (unpaired) electrons. The molecule has 2 aliphatic rings. The molecule has 0 aliphatic carbocycles. The van der Waals surface area contributed by atoms with Crippen LogP contribution < -0.4 is 0 Å². The maximum absolute atomic E-state index is 12.4. The van der Waals surface area contributed by atoms with Gasteiger partial charge in [-0.25, -0.2) is 0 Å². The third-order valence-corrected chi connectivity index (χ3v) is 5.15. The number of fused-ring (bicyclic) bond motifs is 2. The fraction of sp³-hybridized carbons (Fsp3) is 0.562. The van der Waals surface area contributed by atoms with E-state index in [-0.39, 0.29) is 17.5 Å². The first-order valence-electron chi connectivity index (χ1n) is 7.66. The molecule has 0 aromatic heterocycles. The highest BCUT2D eigenvalue weighted by molar-refractivity contribution is 5.84. The van der Waals surface area contributed by atoms with E-state index in [2.05, 4.69) is 4.90 Å². The first-order chi connectivity index (χ1) is 10.5. The molecular weight excluding hydrogens is 284 g/mol. The summed E-state index contributed by atoms with van der Waals surface area (Å²) in [6, 6.07) is 6.20. The van der Waals surface area contributed by atoms with E-state index >= 15 is 0 Å². The Morgan fingerprint density at radius 3 is 2.64 bits per heavy atom. The number of nitro benzene ring substituents is 1. The van der Waals surface area contributed by atoms with Crippen LogP contribution in [0.1, 0.15) is 37.4 Å². The molecule has 2 bridgehead atoms. The molecule has 2 saturated heterocycles. The lowest BCUT2D eigenvalue weighted by Crippen LogP contribution is -2.56. The Labute approximate surface area is 128 Å². The number of hydrogen-bond acceptors (Lipinski definition) is 5. The van der Waals surface area contributed by atoms with Gasteiger partial charge in [-0.15, -0.1) is 0 Å². The van der Waals surface area contributed by atoms with Crippen LogP contribution in [0.25, 0.3) is 0 Å². The van der Waals surface area contributed by atoms with Gasteiger partial charge in [0.05, 0.1) is 16.9 Å². The largest absolute Gasteiger partial charge is 0.388 e. The topological polar surface area (TPSA) is 83.7 Å². The van der Waals surface area contributed by atoms with Crippen molar-refractivity contribution in [2.75, 3.05) is 7.05 Å². The molecular formula is C16H20N2O4. The third-order valence-electron chi connectivity index (χ3n) is 5.15. The molecule has 2 heterocycles. The molecule has 4 atom stereocenters. The second-order valence-electron chi connectivity index (χ2n) is 6.31. The van der Waals surface area contributed by atoms with Crippen molar-refractivity contribution in [1.82, 2.24) is 4.90 Å². The number of Topliss-reactive ketones (excluding diaryl/α,β-unsaturated/α-hetero) is 1. The van der Waals surface area contributed by atoms with Crippen molar-refractivity contribution in [3.8, 4) is 0 Å². The zero-order valence-electron chi connectivity index (χ0n) is 12.5. The van der Waals surface area contributed by atoms with Crippen molar-refractivity contribution in [2.45, 2.75) is 43.9 Å². The van der Waals surface area contributed by atoms with E-state index in [1.54, 1.807) is 12.1 Å². The molecule has 2 aliphatic heterocycles. The van der Waals surface area contributed by atoms with Crippen LogP contribution in [-0.2, 0) is 4.79 Å². The van der Waals surface area contributed by atoms with E-state index in [1.807, 2.05) is 7.05 Å². The molecule has 6 nitrogen and oxygen atoms in total. The fourth-order valence-corrected chi connectivity index (χ4v) is 3.89. The van der Waals surface area contributed by atoms with E-state index in [1.165, 1.54) is 12.1 Å². The molecule has 0 amide bonds. The van der Waals surface area contributed by atoms with Crippen LogP contribution in [0, 0.1) is 16.0 Å². The molecule has 6 heteroatoms. The first kappa shape index (κ1) is 15.1. The number of aliphatic hydroxyl groups is 1. The van der Waals surface area contributed by atoms with E-state index in [9.17, 15) is 20.0 Å². The van der Waals surface area contributed by atoms with Crippen LogP contribution in [0.4, 0.5) is 5.69 Å². The molecule has 2 fully saturated rings. The summed E-state index contributed by atoms with van der Waals surface area (Å²) < 4.78 is 0. The molecule has 0 saturated carbocycles. The minimum Gasteiger partial charge on any atom is -0.388 e. The van der Waals surface area contributed by atoms with Crippen molar-refractivity contribution in [3.05, 3.63) is 39.9 Å².